The minimum absolute atomic E-state index is 0.0293. The van der Waals surface area contributed by atoms with Crippen molar-refractivity contribution in [2.75, 3.05) is 0 Å². The van der Waals surface area contributed by atoms with E-state index in [0.717, 1.165) is 0 Å². The smallest absolute Gasteiger partial charge is 0.358 e. The summed E-state index contributed by atoms with van der Waals surface area (Å²) in [4.78, 5) is 15.3. The quantitative estimate of drug-likeness (QED) is 0.845. The van der Waals surface area contributed by atoms with Gasteiger partial charge in [0.05, 0.1) is 5.69 Å². The summed E-state index contributed by atoms with van der Waals surface area (Å²) < 4.78 is 6.63. The Kier molecular flexibility index (Phi) is 4.11. The second-order valence-corrected chi connectivity index (χ2v) is 4.90. The average molecular weight is 279 g/mol. The molecule has 0 saturated carbocycles. The van der Waals surface area contributed by atoms with E-state index in [1.54, 1.807) is 0 Å². The van der Waals surface area contributed by atoms with Crippen molar-refractivity contribution in [2.45, 2.75) is 40.2 Å². The number of aromatic nitrogens is 5. The van der Waals surface area contributed by atoms with Crippen LogP contribution in [0.15, 0.2) is 4.52 Å². The highest BCUT2D eigenvalue weighted by Crippen LogP contribution is 2.10. The second-order valence-electron chi connectivity index (χ2n) is 4.90. The molecule has 0 amide bonds. The van der Waals surface area contributed by atoms with Crippen LogP contribution >= 0.6 is 0 Å². The van der Waals surface area contributed by atoms with Crippen LogP contribution in [0.2, 0.25) is 0 Å². The zero-order valence-corrected chi connectivity index (χ0v) is 11.7. The van der Waals surface area contributed by atoms with Crippen LogP contribution in [-0.2, 0) is 19.4 Å². The van der Waals surface area contributed by atoms with Gasteiger partial charge in [0.25, 0.3) is 0 Å². The maximum absolute atomic E-state index is 11.0. The minimum atomic E-state index is -1.08. The van der Waals surface area contributed by atoms with Gasteiger partial charge in [-0.15, -0.1) is 5.10 Å². The van der Waals surface area contributed by atoms with Gasteiger partial charge in [-0.2, -0.15) is 4.98 Å². The van der Waals surface area contributed by atoms with Crippen LogP contribution in [0.1, 0.15) is 48.7 Å². The van der Waals surface area contributed by atoms with Crippen molar-refractivity contribution in [3.05, 3.63) is 23.1 Å². The van der Waals surface area contributed by atoms with Crippen LogP contribution in [0.3, 0.4) is 0 Å². The first-order valence-corrected chi connectivity index (χ1v) is 6.48. The summed E-state index contributed by atoms with van der Waals surface area (Å²) in [5.74, 6) is 0.394. The number of hydrogen-bond donors (Lipinski definition) is 1. The van der Waals surface area contributed by atoms with E-state index in [-0.39, 0.29) is 12.2 Å². The van der Waals surface area contributed by atoms with Crippen molar-refractivity contribution >= 4 is 5.97 Å². The van der Waals surface area contributed by atoms with Crippen LogP contribution in [0, 0.1) is 5.92 Å². The van der Waals surface area contributed by atoms with Gasteiger partial charge in [-0.25, -0.2) is 9.48 Å². The lowest BCUT2D eigenvalue weighted by Crippen LogP contribution is -2.09. The van der Waals surface area contributed by atoms with Crippen molar-refractivity contribution in [3.63, 3.8) is 0 Å². The molecule has 0 bridgehead atoms. The van der Waals surface area contributed by atoms with Crippen molar-refractivity contribution in [2.24, 2.45) is 5.92 Å². The Morgan fingerprint density at radius 3 is 2.80 bits per heavy atom. The van der Waals surface area contributed by atoms with Crippen LogP contribution in [0.4, 0.5) is 0 Å². The molecule has 0 aromatic carbocycles. The molecule has 0 atom stereocenters. The number of nitrogens with zero attached hydrogens (tertiary/aromatic N) is 5. The fraction of sp³-hybridized carbons (Fsp3) is 0.583. The fourth-order valence-electron chi connectivity index (χ4n) is 1.90. The first kappa shape index (κ1) is 14.2. The summed E-state index contributed by atoms with van der Waals surface area (Å²) in [5.41, 5.74) is 0.520. The van der Waals surface area contributed by atoms with Crippen LogP contribution < -0.4 is 0 Å². The highest BCUT2D eigenvalue weighted by molar-refractivity contribution is 5.86. The molecule has 1 N–H and O–H groups in total. The van der Waals surface area contributed by atoms with Gasteiger partial charge in [-0.3, -0.25) is 0 Å². The molecule has 0 aliphatic rings. The Hall–Kier alpha value is -2.25. The Labute approximate surface area is 115 Å². The van der Waals surface area contributed by atoms with Crippen molar-refractivity contribution in [3.8, 4) is 0 Å². The monoisotopic (exact) mass is 279 g/mol. The van der Waals surface area contributed by atoms with Crippen molar-refractivity contribution < 1.29 is 14.4 Å². The minimum Gasteiger partial charge on any atom is -0.476 e. The molecule has 108 valence electrons. The maximum Gasteiger partial charge on any atom is 0.358 e. The van der Waals surface area contributed by atoms with E-state index in [2.05, 4.69) is 34.3 Å². The van der Waals surface area contributed by atoms with Crippen LogP contribution in [0.25, 0.3) is 0 Å². The normalized spacial score (nSPS) is 11.2. The molecule has 0 unspecified atom stereocenters. The molecule has 20 heavy (non-hydrogen) atoms. The lowest BCUT2D eigenvalue weighted by atomic mass is 10.1. The number of rotatable bonds is 6. The maximum atomic E-state index is 11.0. The van der Waals surface area contributed by atoms with E-state index in [0.29, 0.717) is 36.2 Å². The van der Waals surface area contributed by atoms with Gasteiger partial charge in [0, 0.05) is 6.42 Å². The zero-order chi connectivity index (χ0) is 14.7. The van der Waals surface area contributed by atoms with E-state index in [1.165, 1.54) is 4.68 Å². The number of carboxylic acids is 1. The molecule has 0 spiro atoms. The van der Waals surface area contributed by atoms with Crippen molar-refractivity contribution in [1.29, 1.82) is 0 Å². The standard InChI is InChI=1S/C12H17N5O3/c1-4-8-11(12(18)19)14-16-17(8)6-9-13-10(20-15-9)5-7(2)3/h7H,4-6H2,1-3H3,(H,18,19). The second kappa shape index (κ2) is 5.81. The first-order chi connectivity index (χ1) is 9.51. The largest absolute Gasteiger partial charge is 0.476 e. The third kappa shape index (κ3) is 3.01. The molecule has 0 aliphatic heterocycles. The molecule has 2 heterocycles. The van der Waals surface area contributed by atoms with Gasteiger partial charge in [-0.05, 0) is 12.3 Å². The third-order valence-electron chi connectivity index (χ3n) is 2.76. The summed E-state index contributed by atoms with van der Waals surface area (Å²) >= 11 is 0. The predicted molar refractivity (Wildman–Crippen MR) is 68.3 cm³/mol. The Morgan fingerprint density at radius 2 is 2.20 bits per heavy atom. The summed E-state index contributed by atoms with van der Waals surface area (Å²) in [6.07, 6.45) is 1.23. The molecule has 0 radical (unpaired) electrons. The Bertz CT molecular complexity index is 602. The van der Waals surface area contributed by atoms with Gasteiger partial charge in [-0.1, -0.05) is 31.1 Å². The van der Waals surface area contributed by atoms with Crippen molar-refractivity contribution in [1.82, 2.24) is 25.1 Å². The number of carbonyl (C=O) groups is 1. The molecule has 2 aromatic rings. The lowest BCUT2D eigenvalue weighted by Gasteiger charge is -2.01. The average Bonchev–Trinajstić information content (AvgIpc) is 2.95. The van der Waals surface area contributed by atoms with E-state index in [4.69, 9.17) is 9.63 Å². The first-order valence-electron chi connectivity index (χ1n) is 6.48. The third-order valence-corrected chi connectivity index (χ3v) is 2.76. The zero-order valence-electron chi connectivity index (χ0n) is 11.7. The Morgan fingerprint density at radius 1 is 1.45 bits per heavy atom. The molecule has 2 aromatic heterocycles. The molecule has 0 fully saturated rings. The van der Waals surface area contributed by atoms with Crippen LogP contribution in [-0.4, -0.2) is 36.2 Å². The molecule has 2 rings (SSSR count). The molecule has 0 saturated heterocycles. The van der Waals surface area contributed by atoms with Gasteiger partial charge >= 0.3 is 5.97 Å². The SMILES string of the molecule is CCc1c(C(=O)O)nnn1Cc1noc(CC(C)C)n1. The molecular formula is C12H17N5O3. The van der Waals surface area contributed by atoms with E-state index in [9.17, 15) is 4.79 Å². The number of aromatic carboxylic acids is 1. The van der Waals surface area contributed by atoms with Gasteiger partial charge in [0.1, 0.15) is 6.54 Å². The predicted octanol–water partition coefficient (Wildman–Crippen LogP) is 1.17. The van der Waals surface area contributed by atoms with E-state index in [1.807, 2.05) is 6.92 Å². The summed E-state index contributed by atoms with van der Waals surface area (Å²) in [6, 6.07) is 0. The molecule has 8 heteroatoms. The van der Waals surface area contributed by atoms with Gasteiger partial charge in [0.15, 0.2) is 11.5 Å². The number of carboxylic acid groups (broad SMARTS) is 1. The Balaban J connectivity index is 2.17. The van der Waals surface area contributed by atoms with Gasteiger partial charge < -0.3 is 9.63 Å². The summed E-state index contributed by atoms with van der Waals surface area (Å²) in [6.45, 7) is 6.23. The summed E-state index contributed by atoms with van der Waals surface area (Å²) in [5, 5.41) is 20.4. The summed E-state index contributed by atoms with van der Waals surface area (Å²) in [7, 11) is 0. The lowest BCUT2D eigenvalue weighted by molar-refractivity contribution is 0.0689. The highest BCUT2D eigenvalue weighted by atomic mass is 16.5. The van der Waals surface area contributed by atoms with Crippen LogP contribution in [0.5, 0.6) is 0 Å². The molecule has 0 aliphatic carbocycles. The fourth-order valence-corrected chi connectivity index (χ4v) is 1.90. The topological polar surface area (TPSA) is 107 Å². The molecule has 8 nitrogen and oxygen atoms in total. The number of hydrogen-bond acceptors (Lipinski definition) is 6. The van der Waals surface area contributed by atoms with E-state index >= 15 is 0 Å². The van der Waals surface area contributed by atoms with Gasteiger partial charge in [0.2, 0.25) is 5.89 Å². The highest BCUT2D eigenvalue weighted by Gasteiger charge is 2.19. The molecular weight excluding hydrogens is 262 g/mol. The van der Waals surface area contributed by atoms with E-state index < -0.39 is 5.97 Å².